The van der Waals surface area contributed by atoms with E-state index in [9.17, 15) is 10.1 Å². The van der Waals surface area contributed by atoms with Crippen molar-refractivity contribution in [3.8, 4) is 11.9 Å². The number of hydrogen-bond acceptors (Lipinski definition) is 5. The van der Waals surface area contributed by atoms with Crippen molar-refractivity contribution in [2.75, 3.05) is 26.7 Å². The third-order valence-electron chi connectivity index (χ3n) is 6.40. The summed E-state index contributed by atoms with van der Waals surface area (Å²) in [5.74, 6) is 1.51. The largest absolute Gasteiger partial charge is 0.496 e. The highest BCUT2D eigenvalue weighted by molar-refractivity contribution is 6.30. The first kappa shape index (κ1) is 23.8. The van der Waals surface area contributed by atoms with Crippen LogP contribution in [0.15, 0.2) is 57.1 Å². The summed E-state index contributed by atoms with van der Waals surface area (Å²) in [5.41, 5.74) is 2.96. The Morgan fingerprint density at radius 3 is 2.91 bits per heavy atom. The third-order valence-corrected chi connectivity index (χ3v) is 6.68. The molecule has 1 amide bonds. The van der Waals surface area contributed by atoms with Crippen LogP contribution in [0, 0.1) is 17.4 Å². The molecule has 9 heteroatoms. The van der Waals surface area contributed by atoms with E-state index in [1.807, 2.05) is 47.5 Å². The van der Waals surface area contributed by atoms with Gasteiger partial charge in [0.05, 0.1) is 25.4 Å². The average Bonchev–Trinajstić information content (AvgIpc) is 3.45. The van der Waals surface area contributed by atoms with Crippen LogP contribution in [-0.2, 0) is 11.2 Å². The Balaban J connectivity index is 1.60. The number of allylic oxidation sites excluding steroid dienone is 3. The Morgan fingerprint density at radius 2 is 2.21 bits per heavy atom. The number of nitrogens with one attached hydrogen (secondary N) is 1. The van der Waals surface area contributed by atoms with Gasteiger partial charge in [-0.3, -0.25) is 15.1 Å². The number of halogens is 1. The fourth-order valence-electron chi connectivity index (χ4n) is 4.70. The molecule has 1 N–H and O–H groups in total. The molecule has 1 aromatic rings. The molecule has 0 radical (unpaired) electrons. The first-order chi connectivity index (χ1) is 16.5. The number of para-hydroxylation sites is 1. The van der Waals surface area contributed by atoms with Crippen molar-refractivity contribution in [2.45, 2.75) is 38.6 Å². The lowest BCUT2D eigenvalue weighted by atomic mass is 9.87. The van der Waals surface area contributed by atoms with Gasteiger partial charge in [-0.1, -0.05) is 42.8 Å². The molecule has 1 fully saturated rings. The van der Waals surface area contributed by atoms with E-state index < -0.39 is 0 Å². The van der Waals surface area contributed by atoms with Gasteiger partial charge in [0.25, 0.3) is 0 Å². The van der Waals surface area contributed by atoms with E-state index in [0.29, 0.717) is 38.4 Å². The van der Waals surface area contributed by atoms with Gasteiger partial charge in [-0.05, 0) is 48.5 Å². The van der Waals surface area contributed by atoms with Crippen LogP contribution in [0.5, 0.6) is 5.75 Å². The molecule has 0 aromatic heterocycles. The molecule has 2 unspecified atom stereocenters. The Morgan fingerprint density at radius 1 is 1.38 bits per heavy atom. The second-order valence-corrected chi connectivity index (χ2v) is 9.10. The monoisotopic (exact) mass is 480 g/mol. The van der Waals surface area contributed by atoms with Crippen LogP contribution in [-0.4, -0.2) is 60.3 Å². The maximum absolute atomic E-state index is 12.6. The van der Waals surface area contributed by atoms with E-state index in [0.717, 1.165) is 40.5 Å². The van der Waals surface area contributed by atoms with Gasteiger partial charge in [-0.2, -0.15) is 10.4 Å². The van der Waals surface area contributed by atoms with Crippen molar-refractivity contribution in [3.63, 3.8) is 0 Å². The second-order valence-electron chi connectivity index (χ2n) is 8.62. The molecular formula is C25H29ClN6O2. The molecule has 1 aliphatic carbocycles. The number of aliphatic imine (C=N–C) groups is 1. The number of nitriles is 1. The summed E-state index contributed by atoms with van der Waals surface area (Å²) in [6.07, 6.45) is 8.68. The molecule has 0 spiro atoms. The van der Waals surface area contributed by atoms with E-state index >= 15 is 0 Å². The Hall–Kier alpha value is -3.31. The third kappa shape index (κ3) is 5.10. The van der Waals surface area contributed by atoms with E-state index in [1.165, 1.54) is 0 Å². The van der Waals surface area contributed by atoms with E-state index in [1.54, 1.807) is 12.1 Å². The fraction of sp³-hybridized carbons (Fsp3) is 0.440. The highest BCUT2D eigenvalue weighted by Crippen LogP contribution is 2.32. The number of amides is 1. The minimum absolute atomic E-state index is 0.139. The molecule has 8 nitrogen and oxygen atoms in total. The quantitative estimate of drug-likeness (QED) is 0.291. The molecule has 178 valence electrons. The van der Waals surface area contributed by atoms with Gasteiger partial charge in [0.15, 0.2) is 6.19 Å². The number of guanidine groups is 1. The number of carbonyl (C=O) groups is 1. The molecule has 2 heterocycles. The molecule has 3 aliphatic rings. The summed E-state index contributed by atoms with van der Waals surface area (Å²) in [5, 5.41) is 19.5. The highest BCUT2D eigenvalue weighted by atomic mass is 35.5. The normalized spacial score (nSPS) is 22.8. The lowest BCUT2D eigenvalue weighted by Gasteiger charge is -2.28. The SMILES string of the molecule is COc1ccccc1CCN=C(NC#N)N1CC(N2CCCC2=O)C(C2=CC=C(Cl)CC2C)=N1. The fourth-order valence-corrected chi connectivity index (χ4v) is 4.99. The van der Waals surface area contributed by atoms with Crippen molar-refractivity contribution in [1.82, 2.24) is 15.2 Å². The molecule has 0 saturated carbocycles. The van der Waals surface area contributed by atoms with Gasteiger partial charge in [0.1, 0.15) is 5.75 Å². The number of rotatable bonds is 6. The van der Waals surface area contributed by atoms with Gasteiger partial charge in [0, 0.05) is 24.5 Å². The van der Waals surface area contributed by atoms with Crippen LogP contribution in [0.2, 0.25) is 0 Å². The van der Waals surface area contributed by atoms with Gasteiger partial charge in [0.2, 0.25) is 11.9 Å². The highest BCUT2D eigenvalue weighted by Gasteiger charge is 2.40. The van der Waals surface area contributed by atoms with Crippen LogP contribution in [0.1, 0.15) is 31.7 Å². The molecule has 1 saturated heterocycles. The van der Waals surface area contributed by atoms with E-state index in [4.69, 9.17) is 21.4 Å². The minimum Gasteiger partial charge on any atom is -0.496 e. The Bertz CT molecular complexity index is 1100. The first-order valence-electron chi connectivity index (χ1n) is 11.6. The number of hydrazone groups is 1. The second kappa shape index (κ2) is 10.7. The zero-order valence-corrected chi connectivity index (χ0v) is 20.3. The average molecular weight is 481 g/mol. The minimum atomic E-state index is -0.186. The molecule has 34 heavy (non-hydrogen) atoms. The summed E-state index contributed by atoms with van der Waals surface area (Å²) in [7, 11) is 1.65. The summed E-state index contributed by atoms with van der Waals surface area (Å²) < 4.78 is 5.42. The first-order valence-corrected chi connectivity index (χ1v) is 11.9. The van der Waals surface area contributed by atoms with Gasteiger partial charge in [-0.25, -0.2) is 5.01 Å². The van der Waals surface area contributed by atoms with Crippen molar-refractivity contribution < 1.29 is 9.53 Å². The smallest absolute Gasteiger partial charge is 0.228 e. The van der Waals surface area contributed by atoms with Crippen LogP contribution < -0.4 is 10.1 Å². The van der Waals surface area contributed by atoms with Gasteiger partial charge in [-0.15, -0.1) is 0 Å². The number of nitrogens with zero attached hydrogens (tertiary/aromatic N) is 5. The van der Waals surface area contributed by atoms with Crippen molar-refractivity contribution in [1.29, 1.82) is 5.26 Å². The standard InChI is InChI=1S/C25H29ClN6O2/c1-17-14-19(26)9-10-20(17)24-21(31-13-5-8-23(31)33)15-32(30-24)25(29-16-27)28-12-11-18-6-3-4-7-22(18)34-2/h3-4,6-7,9-10,17,21H,5,8,11-15H2,1-2H3,(H,28,29). The number of likely N-dealkylation sites (tertiary alicyclic amines) is 1. The molecule has 0 bridgehead atoms. The topological polar surface area (TPSA) is 93.3 Å². The number of carbonyl (C=O) groups excluding carboxylic acids is 1. The van der Waals surface area contributed by atoms with Crippen LogP contribution >= 0.6 is 11.6 Å². The number of benzene rings is 1. The lowest BCUT2D eigenvalue weighted by molar-refractivity contribution is -0.128. The summed E-state index contributed by atoms with van der Waals surface area (Å²) in [4.78, 5) is 19.2. The molecule has 2 atom stereocenters. The lowest BCUT2D eigenvalue weighted by Crippen LogP contribution is -2.46. The number of hydrogen-bond donors (Lipinski definition) is 1. The molecular weight excluding hydrogens is 452 g/mol. The van der Waals surface area contributed by atoms with E-state index in [2.05, 4.69) is 17.2 Å². The van der Waals surface area contributed by atoms with Crippen molar-refractivity contribution in [3.05, 3.63) is 52.6 Å². The number of ether oxygens (including phenoxy) is 1. The molecule has 1 aromatic carbocycles. The summed E-state index contributed by atoms with van der Waals surface area (Å²) in [6.45, 7) is 3.73. The number of methoxy groups -OCH3 is 1. The summed E-state index contributed by atoms with van der Waals surface area (Å²) >= 11 is 6.25. The van der Waals surface area contributed by atoms with Crippen LogP contribution in [0.4, 0.5) is 0 Å². The van der Waals surface area contributed by atoms with Crippen molar-refractivity contribution >= 4 is 29.2 Å². The van der Waals surface area contributed by atoms with Crippen LogP contribution in [0.3, 0.4) is 0 Å². The van der Waals surface area contributed by atoms with Gasteiger partial charge >= 0.3 is 0 Å². The molecule has 2 aliphatic heterocycles. The maximum atomic E-state index is 12.6. The predicted molar refractivity (Wildman–Crippen MR) is 132 cm³/mol. The zero-order valence-electron chi connectivity index (χ0n) is 19.5. The van der Waals surface area contributed by atoms with Crippen molar-refractivity contribution in [2.24, 2.45) is 16.0 Å². The predicted octanol–water partition coefficient (Wildman–Crippen LogP) is 3.42. The zero-order chi connectivity index (χ0) is 24.1. The summed E-state index contributed by atoms with van der Waals surface area (Å²) in [6, 6.07) is 7.63. The maximum Gasteiger partial charge on any atom is 0.228 e. The Labute approximate surface area is 205 Å². The van der Waals surface area contributed by atoms with Crippen LogP contribution in [0.25, 0.3) is 0 Å². The van der Waals surface area contributed by atoms with Gasteiger partial charge < -0.3 is 9.64 Å². The molecule has 4 rings (SSSR count). The van der Waals surface area contributed by atoms with E-state index in [-0.39, 0.29) is 17.9 Å². The Kier molecular flexibility index (Phi) is 7.53.